The standard InChI is InChI=1S/C50H59N7O7/c1-32(55-26-28-63-29-27-55)31-56-41-21-20-38(46-33(2)54-64-34(46)3)30-40(41)52-43(56)23-19-36-17-15-35(16-18-36)10-9-25-51-44(58)14-7-5-4-6-11-37-12-8-13-39-47(37)50(62)57(49(39)61)42-22-24-45(59)53-48(42)60/h8,12-13,15-18,20-21,30,32,42H,4-7,9-11,14,19,22-29,31H2,1-3H3,(H,51,58)(H,53,59,60). The van der Waals surface area contributed by atoms with Gasteiger partial charge in [-0.3, -0.25) is 39.1 Å². The number of carbonyl (C=O) groups is 5. The van der Waals surface area contributed by atoms with Crippen LogP contribution in [0.4, 0.5) is 0 Å². The van der Waals surface area contributed by atoms with Gasteiger partial charge in [0, 0.05) is 57.0 Å². The first kappa shape index (κ1) is 44.6. The lowest BCUT2D eigenvalue weighted by Gasteiger charge is -2.32. The summed E-state index contributed by atoms with van der Waals surface area (Å²) in [7, 11) is 0. The van der Waals surface area contributed by atoms with Crippen LogP contribution in [0.5, 0.6) is 0 Å². The Labute approximate surface area is 374 Å². The fourth-order valence-electron chi connectivity index (χ4n) is 9.51. The summed E-state index contributed by atoms with van der Waals surface area (Å²) >= 11 is 0. The first-order valence-electron chi connectivity index (χ1n) is 23.0. The number of imide groups is 2. The highest BCUT2D eigenvalue weighted by Crippen LogP contribution is 2.32. The Balaban J connectivity index is 0.759. The SMILES string of the molecule is Cc1noc(C)c1-c1ccc2c(c1)nc(CCc1ccc(CCCNC(=O)CCCCCCc3cccc4c3C(=O)N(C3CCC(=O)NC3=O)C4=O)cc1)n2CC(C)N1CCOCC1. The fourth-order valence-corrected chi connectivity index (χ4v) is 9.51. The number of piperidine rings is 1. The molecule has 0 radical (unpaired) electrons. The number of aryl methyl sites for hydroxylation is 6. The normalized spacial score (nSPS) is 17.3. The van der Waals surface area contributed by atoms with E-state index in [1.807, 2.05) is 19.9 Å². The third-order valence-electron chi connectivity index (χ3n) is 13.0. The Kier molecular flexibility index (Phi) is 14.1. The maximum absolute atomic E-state index is 13.4. The van der Waals surface area contributed by atoms with Crippen LogP contribution in [0, 0.1) is 13.8 Å². The third kappa shape index (κ3) is 10.0. The van der Waals surface area contributed by atoms with Crippen LogP contribution in [-0.4, -0.2) is 99.0 Å². The number of hydrogen-bond donors (Lipinski definition) is 2. The molecule has 64 heavy (non-hydrogen) atoms. The van der Waals surface area contributed by atoms with Gasteiger partial charge in [0.25, 0.3) is 11.8 Å². The Morgan fingerprint density at radius 2 is 1.62 bits per heavy atom. The Bertz CT molecular complexity index is 2500. The number of amides is 5. The summed E-state index contributed by atoms with van der Waals surface area (Å²) in [6.07, 6.45) is 8.06. The van der Waals surface area contributed by atoms with Gasteiger partial charge in [-0.2, -0.15) is 0 Å². The van der Waals surface area contributed by atoms with Crippen LogP contribution >= 0.6 is 0 Å². The smallest absolute Gasteiger partial charge is 0.262 e. The molecule has 14 heteroatoms. The Morgan fingerprint density at radius 1 is 0.859 bits per heavy atom. The van der Waals surface area contributed by atoms with Crippen LogP contribution in [0.1, 0.15) is 113 Å². The van der Waals surface area contributed by atoms with Crippen molar-refractivity contribution in [3.8, 4) is 11.1 Å². The average Bonchev–Trinajstić information content (AvgIpc) is 3.91. The maximum atomic E-state index is 13.4. The van der Waals surface area contributed by atoms with Crippen molar-refractivity contribution >= 4 is 40.6 Å². The third-order valence-corrected chi connectivity index (χ3v) is 13.0. The van der Waals surface area contributed by atoms with Crippen molar-refractivity contribution in [1.29, 1.82) is 0 Å². The van der Waals surface area contributed by atoms with E-state index in [0.717, 1.165) is 134 Å². The van der Waals surface area contributed by atoms with E-state index >= 15 is 0 Å². The van der Waals surface area contributed by atoms with E-state index in [-0.39, 0.29) is 18.7 Å². The van der Waals surface area contributed by atoms with Gasteiger partial charge in [0.05, 0.1) is 41.1 Å². The number of fused-ring (bicyclic) bond motifs is 2. The number of aromatic nitrogens is 3. The molecule has 2 aromatic heterocycles. The van der Waals surface area contributed by atoms with Gasteiger partial charge in [0.1, 0.15) is 17.6 Å². The quantitative estimate of drug-likeness (QED) is 0.0695. The number of hydrogen-bond acceptors (Lipinski definition) is 10. The summed E-state index contributed by atoms with van der Waals surface area (Å²) < 4.78 is 13.5. The number of imidazole rings is 1. The number of nitrogens with zero attached hydrogens (tertiary/aromatic N) is 5. The molecule has 8 rings (SSSR count). The van der Waals surface area contributed by atoms with Gasteiger partial charge in [0.15, 0.2) is 0 Å². The molecule has 5 aromatic rings. The van der Waals surface area contributed by atoms with Crippen molar-refractivity contribution in [3.05, 3.63) is 106 Å². The van der Waals surface area contributed by atoms with Gasteiger partial charge in [-0.05, 0) is 106 Å². The van der Waals surface area contributed by atoms with Gasteiger partial charge < -0.3 is 19.1 Å². The molecule has 2 unspecified atom stereocenters. The van der Waals surface area contributed by atoms with Crippen molar-refractivity contribution in [2.45, 2.75) is 116 Å². The molecule has 336 valence electrons. The van der Waals surface area contributed by atoms with Crippen LogP contribution < -0.4 is 10.6 Å². The van der Waals surface area contributed by atoms with E-state index in [1.54, 1.807) is 12.1 Å². The molecule has 5 heterocycles. The van der Waals surface area contributed by atoms with E-state index in [1.165, 1.54) is 11.1 Å². The second-order valence-electron chi connectivity index (χ2n) is 17.5. The lowest BCUT2D eigenvalue weighted by molar-refractivity contribution is -0.136. The number of ether oxygens (including phenoxy) is 1. The summed E-state index contributed by atoms with van der Waals surface area (Å²) in [5, 5.41) is 9.48. The van der Waals surface area contributed by atoms with Crippen molar-refractivity contribution in [2.75, 3.05) is 32.8 Å². The van der Waals surface area contributed by atoms with Crippen LogP contribution in [0.3, 0.4) is 0 Å². The van der Waals surface area contributed by atoms with Gasteiger partial charge in [-0.1, -0.05) is 60.5 Å². The monoisotopic (exact) mass is 869 g/mol. The molecule has 3 aromatic carbocycles. The molecule has 2 saturated heterocycles. The van der Waals surface area contributed by atoms with Gasteiger partial charge in [-0.15, -0.1) is 0 Å². The molecule has 5 amide bonds. The van der Waals surface area contributed by atoms with Crippen LogP contribution in [0.25, 0.3) is 22.2 Å². The summed E-state index contributed by atoms with van der Waals surface area (Å²) in [4.78, 5) is 71.9. The second kappa shape index (κ2) is 20.2. The number of carbonyl (C=O) groups excluding carboxylic acids is 5. The summed E-state index contributed by atoms with van der Waals surface area (Å²) in [6.45, 7) is 11.1. The highest BCUT2D eigenvalue weighted by Gasteiger charge is 2.45. The van der Waals surface area contributed by atoms with Crippen molar-refractivity contribution < 1.29 is 33.2 Å². The maximum Gasteiger partial charge on any atom is 0.262 e. The van der Waals surface area contributed by atoms with E-state index in [2.05, 4.69) is 74.6 Å². The molecular formula is C50H59N7O7. The molecule has 0 saturated carbocycles. The minimum absolute atomic E-state index is 0.0548. The van der Waals surface area contributed by atoms with E-state index in [0.29, 0.717) is 36.6 Å². The highest BCUT2D eigenvalue weighted by atomic mass is 16.5. The van der Waals surface area contributed by atoms with Gasteiger partial charge >= 0.3 is 0 Å². The zero-order chi connectivity index (χ0) is 44.7. The predicted octanol–water partition coefficient (Wildman–Crippen LogP) is 6.46. The molecule has 0 aliphatic carbocycles. The predicted molar refractivity (Wildman–Crippen MR) is 242 cm³/mol. The van der Waals surface area contributed by atoms with Crippen LogP contribution in [-0.2, 0) is 51.3 Å². The summed E-state index contributed by atoms with van der Waals surface area (Å²) in [5.74, 6) is -0.0272. The molecule has 0 bridgehead atoms. The number of morpholine rings is 1. The van der Waals surface area contributed by atoms with E-state index in [4.69, 9.17) is 14.2 Å². The molecular weight excluding hydrogens is 811 g/mol. The lowest BCUT2D eigenvalue weighted by atomic mass is 9.97. The molecule has 2 N–H and O–H groups in total. The topological polar surface area (TPSA) is 169 Å². The average molecular weight is 870 g/mol. The minimum atomic E-state index is -0.977. The van der Waals surface area contributed by atoms with Crippen molar-refractivity contribution in [1.82, 2.24) is 35.1 Å². The molecule has 3 aliphatic heterocycles. The molecule has 2 atom stereocenters. The lowest BCUT2D eigenvalue weighted by Crippen LogP contribution is -2.54. The van der Waals surface area contributed by atoms with Gasteiger partial charge in [-0.25, -0.2) is 4.98 Å². The van der Waals surface area contributed by atoms with Crippen molar-refractivity contribution in [3.63, 3.8) is 0 Å². The molecule has 3 aliphatic rings. The molecule has 2 fully saturated rings. The first-order chi connectivity index (χ1) is 31.0. The molecule has 0 spiro atoms. The number of benzene rings is 3. The largest absolute Gasteiger partial charge is 0.379 e. The molecule has 14 nitrogen and oxygen atoms in total. The van der Waals surface area contributed by atoms with Crippen molar-refractivity contribution in [2.24, 2.45) is 0 Å². The Hall–Kier alpha value is -5.99. The number of unbranched alkanes of at least 4 members (excludes halogenated alkanes) is 3. The van der Waals surface area contributed by atoms with E-state index in [9.17, 15) is 24.0 Å². The van der Waals surface area contributed by atoms with Crippen LogP contribution in [0.15, 0.2) is 65.2 Å². The minimum Gasteiger partial charge on any atom is -0.379 e. The zero-order valence-corrected chi connectivity index (χ0v) is 37.2. The second-order valence-corrected chi connectivity index (χ2v) is 17.5. The first-order valence-corrected chi connectivity index (χ1v) is 23.0. The summed E-state index contributed by atoms with van der Waals surface area (Å²) in [6, 6.07) is 19.9. The Morgan fingerprint density at radius 3 is 2.38 bits per heavy atom. The highest BCUT2D eigenvalue weighted by molar-refractivity contribution is 6.24. The van der Waals surface area contributed by atoms with Gasteiger partial charge in [0.2, 0.25) is 17.7 Å². The fraction of sp³-hybridized carbons (Fsp3) is 0.460. The number of rotatable bonds is 19. The van der Waals surface area contributed by atoms with E-state index < -0.39 is 29.7 Å². The summed E-state index contributed by atoms with van der Waals surface area (Å²) in [5.41, 5.74) is 9.05. The van der Waals surface area contributed by atoms with Crippen LogP contribution in [0.2, 0.25) is 0 Å². The number of nitrogens with one attached hydrogen (secondary N) is 2. The zero-order valence-electron chi connectivity index (χ0n) is 37.2.